The van der Waals surface area contributed by atoms with Crippen molar-refractivity contribution in [2.24, 2.45) is 5.73 Å². The van der Waals surface area contributed by atoms with E-state index in [-0.39, 0.29) is 5.54 Å². The van der Waals surface area contributed by atoms with Crippen molar-refractivity contribution in [3.05, 3.63) is 0 Å². The third-order valence-electron chi connectivity index (χ3n) is 4.91. The van der Waals surface area contributed by atoms with Gasteiger partial charge in [-0.25, -0.2) is 0 Å². The van der Waals surface area contributed by atoms with E-state index < -0.39 is 0 Å². The first kappa shape index (κ1) is 13.3. The van der Waals surface area contributed by atoms with Gasteiger partial charge in [0.2, 0.25) is 0 Å². The van der Waals surface area contributed by atoms with E-state index in [0.29, 0.717) is 0 Å². The van der Waals surface area contributed by atoms with Crippen LogP contribution in [0.25, 0.3) is 0 Å². The Bertz CT molecular complexity index is 217. The van der Waals surface area contributed by atoms with Crippen molar-refractivity contribution < 1.29 is 0 Å². The third-order valence-corrected chi connectivity index (χ3v) is 4.91. The molecule has 0 spiro atoms. The van der Waals surface area contributed by atoms with Gasteiger partial charge in [-0.1, -0.05) is 13.8 Å². The van der Waals surface area contributed by atoms with Crippen LogP contribution < -0.4 is 11.1 Å². The lowest BCUT2D eigenvalue weighted by Gasteiger charge is -2.46. The van der Waals surface area contributed by atoms with Crippen molar-refractivity contribution in [1.82, 2.24) is 10.2 Å². The Morgan fingerprint density at radius 3 is 2.00 bits per heavy atom. The van der Waals surface area contributed by atoms with Gasteiger partial charge in [0.25, 0.3) is 0 Å². The minimum atomic E-state index is 0.268. The monoisotopic (exact) mass is 239 g/mol. The largest absolute Gasteiger partial charge is 0.329 e. The molecule has 0 atom stereocenters. The molecule has 17 heavy (non-hydrogen) atoms. The highest BCUT2D eigenvalue weighted by molar-refractivity contribution is 4.94. The van der Waals surface area contributed by atoms with Crippen LogP contribution in [-0.2, 0) is 0 Å². The van der Waals surface area contributed by atoms with Gasteiger partial charge in [0.05, 0.1) is 0 Å². The number of hydrogen-bond acceptors (Lipinski definition) is 3. The molecule has 3 N–H and O–H groups in total. The topological polar surface area (TPSA) is 41.3 Å². The van der Waals surface area contributed by atoms with Crippen molar-refractivity contribution in [3.8, 4) is 0 Å². The summed E-state index contributed by atoms with van der Waals surface area (Å²) in [5.74, 6) is 0. The fraction of sp³-hybridized carbons (Fsp3) is 1.00. The maximum atomic E-state index is 6.03. The van der Waals surface area contributed by atoms with E-state index in [2.05, 4.69) is 24.1 Å². The summed E-state index contributed by atoms with van der Waals surface area (Å²) in [6.07, 6.45) is 7.77. The van der Waals surface area contributed by atoms with Gasteiger partial charge in [0, 0.05) is 37.3 Å². The van der Waals surface area contributed by atoms with Crippen LogP contribution in [0.4, 0.5) is 0 Å². The first-order valence-corrected chi connectivity index (χ1v) is 7.45. The number of nitrogens with two attached hydrogens (primary N) is 1. The van der Waals surface area contributed by atoms with Gasteiger partial charge in [-0.15, -0.1) is 0 Å². The molecule has 1 aliphatic heterocycles. The van der Waals surface area contributed by atoms with Crippen molar-refractivity contribution in [3.63, 3.8) is 0 Å². The van der Waals surface area contributed by atoms with Gasteiger partial charge in [0.15, 0.2) is 0 Å². The fourth-order valence-corrected chi connectivity index (χ4v) is 3.22. The normalized spacial score (nSPS) is 24.2. The lowest BCUT2D eigenvalue weighted by Crippen LogP contribution is -2.57. The molecule has 100 valence electrons. The van der Waals surface area contributed by atoms with Gasteiger partial charge < -0.3 is 11.1 Å². The molecule has 0 bridgehead atoms. The minimum Gasteiger partial charge on any atom is -0.329 e. The molecule has 2 aliphatic rings. The second-order valence-corrected chi connectivity index (χ2v) is 5.84. The zero-order chi connectivity index (χ0) is 12.3. The second kappa shape index (κ2) is 5.68. The van der Waals surface area contributed by atoms with Gasteiger partial charge in [-0.3, -0.25) is 4.90 Å². The van der Waals surface area contributed by atoms with Crippen LogP contribution in [0.5, 0.6) is 0 Å². The highest BCUT2D eigenvalue weighted by Crippen LogP contribution is 2.28. The highest BCUT2D eigenvalue weighted by atomic mass is 15.2. The van der Waals surface area contributed by atoms with E-state index in [0.717, 1.165) is 18.6 Å². The molecule has 1 heterocycles. The molecule has 2 fully saturated rings. The quantitative estimate of drug-likeness (QED) is 0.741. The number of hydrogen-bond donors (Lipinski definition) is 2. The molecular formula is C14H29N3. The average Bonchev–Trinajstić information content (AvgIpc) is 3.18. The highest BCUT2D eigenvalue weighted by Gasteiger charge is 2.35. The Balaban J connectivity index is 1.83. The predicted octanol–water partition coefficient (Wildman–Crippen LogP) is 1.72. The van der Waals surface area contributed by atoms with E-state index >= 15 is 0 Å². The van der Waals surface area contributed by atoms with Crippen LogP contribution >= 0.6 is 0 Å². The maximum Gasteiger partial charge on any atom is 0.0326 e. The summed E-state index contributed by atoms with van der Waals surface area (Å²) in [6.45, 7) is 7.82. The summed E-state index contributed by atoms with van der Waals surface area (Å²) in [6, 6.07) is 1.62. The lowest BCUT2D eigenvalue weighted by molar-refractivity contribution is 0.0547. The van der Waals surface area contributed by atoms with Crippen molar-refractivity contribution in [1.29, 1.82) is 0 Å². The molecule has 1 saturated carbocycles. The summed E-state index contributed by atoms with van der Waals surface area (Å²) in [4.78, 5) is 2.65. The number of rotatable bonds is 6. The molecule has 1 saturated heterocycles. The Hall–Kier alpha value is -0.120. The molecule has 0 aromatic carbocycles. The molecule has 0 aromatic rings. The summed E-state index contributed by atoms with van der Waals surface area (Å²) in [7, 11) is 0. The Labute approximate surface area is 106 Å². The van der Waals surface area contributed by atoms with Crippen molar-refractivity contribution in [2.45, 2.75) is 70.0 Å². The number of nitrogens with one attached hydrogen (secondary N) is 1. The smallest absolute Gasteiger partial charge is 0.0326 e. The van der Waals surface area contributed by atoms with Crippen LogP contribution in [0, 0.1) is 0 Å². The van der Waals surface area contributed by atoms with Crippen molar-refractivity contribution >= 4 is 0 Å². The van der Waals surface area contributed by atoms with Crippen LogP contribution in [0.3, 0.4) is 0 Å². The molecule has 2 rings (SSSR count). The summed E-state index contributed by atoms with van der Waals surface area (Å²) >= 11 is 0. The predicted molar refractivity (Wildman–Crippen MR) is 73.1 cm³/mol. The summed E-state index contributed by atoms with van der Waals surface area (Å²) in [5.41, 5.74) is 6.30. The third kappa shape index (κ3) is 3.01. The minimum absolute atomic E-state index is 0.268. The standard InChI is InChI=1S/C14H29N3/c1-3-14(4-2,11-15)17-9-7-13(8-10-17)16-12-5-6-12/h12-13,16H,3-11,15H2,1-2H3. The number of piperidine rings is 1. The van der Waals surface area contributed by atoms with Gasteiger partial charge >= 0.3 is 0 Å². The SMILES string of the molecule is CCC(CC)(CN)N1CCC(NC2CC2)CC1. The Kier molecular flexibility index (Phi) is 4.45. The summed E-state index contributed by atoms with van der Waals surface area (Å²) < 4.78 is 0. The van der Waals surface area contributed by atoms with Crippen LogP contribution in [0.2, 0.25) is 0 Å². The molecule has 0 aromatic heterocycles. The molecule has 0 unspecified atom stereocenters. The van der Waals surface area contributed by atoms with Gasteiger partial charge in [0.1, 0.15) is 0 Å². The zero-order valence-electron chi connectivity index (χ0n) is 11.5. The molecule has 0 amide bonds. The van der Waals surface area contributed by atoms with E-state index in [4.69, 9.17) is 5.73 Å². The first-order valence-electron chi connectivity index (χ1n) is 7.45. The van der Waals surface area contributed by atoms with Crippen LogP contribution in [0.15, 0.2) is 0 Å². The van der Waals surface area contributed by atoms with Crippen LogP contribution in [0.1, 0.15) is 52.4 Å². The average molecular weight is 239 g/mol. The number of nitrogens with zero attached hydrogens (tertiary/aromatic N) is 1. The van der Waals surface area contributed by atoms with Crippen LogP contribution in [-0.4, -0.2) is 42.2 Å². The lowest BCUT2D eigenvalue weighted by atomic mass is 9.88. The molecular weight excluding hydrogens is 210 g/mol. The Morgan fingerprint density at radius 2 is 1.59 bits per heavy atom. The fourth-order valence-electron chi connectivity index (χ4n) is 3.22. The number of likely N-dealkylation sites (tertiary alicyclic amines) is 1. The molecule has 3 heteroatoms. The van der Waals surface area contributed by atoms with Crippen molar-refractivity contribution in [2.75, 3.05) is 19.6 Å². The van der Waals surface area contributed by atoms with E-state index in [1.165, 1.54) is 51.6 Å². The van der Waals surface area contributed by atoms with Gasteiger partial charge in [-0.05, 0) is 38.5 Å². The summed E-state index contributed by atoms with van der Waals surface area (Å²) in [5, 5.41) is 3.76. The maximum absolute atomic E-state index is 6.03. The Morgan fingerprint density at radius 1 is 1.06 bits per heavy atom. The molecule has 0 radical (unpaired) electrons. The molecule has 1 aliphatic carbocycles. The first-order chi connectivity index (χ1) is 8.24. The van der Waals surface area contributed by atoms with E-state index in [1.807, 2.05) is 0 Å². The van der Waals surface area contributed by atoms with Gasteiger partial charge in [-0.2, -0.15) is 0 Å². The molecule has 3 nitrogen and oxygen atoms in total. The van der Waals surface area contributed by atoms with E-state index in [9.17, 15) is 0 Å². The van der Waals surface area contributed by atoms with E-state index in [1.54, 1.807) is 0 Å². The second-order valence-electron chi connectivity index (χ2n) is 5.84. The zero-order valence-corrected chi connectivity index (χ0v) is 11.5.